The Kier molecular flexibility index (Phi) is 10.2. The van der Waals surface area contributed by atoms with Crippen molar-refractivity contribution >= 4 is 0 Å². The molecule has 0 aliphatic carbocycles. The average molecular weight is 268 g/mol. The van der Waals surface area contributed by atoms with Crippen LogP contribution in [0.5, 0.6) is 0 Å². The van der Waals surface area contributed by atoms with Crippen molar-refractivity contribution in [1.82, 2.24) is 0 Å². The molecule has 0 amide bonds. The fourth-order valence-corrected chi connectivity index (χ4v) is 1.68. The van der Waals surface area contributed by atoms with Gasteiger partial charge in [-0.1, -0.05) is 12.7 Å². The highest BCUT2D eigenvalue weighted by atomic mass is 16.5. The number of allylic oxidation sites excluding steroid dienone is 2. The summed E-state index contributed by atoms with van der Waals surface area (Å²) in [6, 6.07) is 0. The third-order valence-corrected chi connectivity index (χ3v) is 2.60. The molecule has 0 rings (SSSR count). The van der Waals surface area contributed by atoms with Crippen LogP contribution in [0, 0.1) is 0 Å². The van der Waals surface area contributed by atoms with Gasteiger partial charge in [0.15, 0.2) is 0 Å². The molecule has 0 saturated heterocycles. The maximum Gasteiger partial charge on any atom is 0.127 e. The largest absolute Gasteiger partial charge is 0.493 e. The topological polar surface area (TPSA) is 27.7 Å². The average Bonchev–Trinajstić information content (AvgIpc) is 2.40. The van der Waals surface area contributed by atoms with Gasteiger partial charge in [0.2, 0.25) is 0 Å². The van der Waals surface area contributed by atoms with Crippen LogP contribution >= 0.6 is 0 Å². The van der Waals surface area contributed by atoms with Gasteiger partial charge in [-0.15, -0.1) is 0 Å². The SMILES string of the molecule is C=C(C)/C(OCC)=C(COCC)\C(=C/C)COCC. The molecule has 0 atom stereocenters. The van der Waals surface area contributed by atoms with E-state index in [1.807, 2.05) is 40.7 Å². The molecule has 0 aliphatic rings. The summed E-state index contributed by atoms with van der Waals surface area (Å²) in [5.74, 6) is 0.823. The normalized spacial score (nSPS) is 13.2. The molecule has 3 nitrogen and oxygen atoms in total. The monoisotopic (exact) mass is 268 g/mol. The summed E-state index contributed by atoms with van der Waals surface area (Å²) in [5, 5.41) is 0. The van der Waals surface area contributed by atoms with Crippen LogP contribution in [0.25, 0.3) is 0 Å². The van der Waals surface area contributed by atoms with Crippen molar-refractivity contribution in [2.45, 2.75) is 34.6 Å². The van der Waals surface area contributed by atoms with Crippen molar-refractivity contribution in [2.24, 2.45) is 0 Å². The smallest absolute Gasteiger partial charge is 0.127 e. The third-order valence-electron chi connectivity index (χ3n) is 2.60. The Morgan fingerprint density at radius 2 is 1.58 bits per heavy atom. The fraction of sp³-hybridized carbons (Fsp3) is 0.625. The van der Waals surface area contributed by atoms with Crippen LogP contribution in [-0.2, 0) is 14.2 Å². The van der Waals surface area contributed by atoms with Crippen molar-refractivity contribution in [3.63, 3.8) is 0 Å². The predicted molar refractivity (Wildman–Crippen MR) is 80.2 cm³/mol. The zero-order valence-electron chi connectivity index (χ0n) is 13.0. The predicted octanol–water partition coefficient (Wildman–Crippen LogP) is 3.87. The lowest BCUT2D eigenvalue weighted by atomic mass is 10.0. The van der Waals surface area contributed by atoms with Gasteiger partial charge >= 0.3 is 0 Å². The van der Waals surface area contributed by atoms with Crippen molar-refractivity contribution < 1.29 is 14.2 Å². The van der Waals surface area contributed by atoms with Crippen LogP contribution in [0.2, 0.25) is 0 Å². The Hall–Kier alpha value is -1.06. The lowest BCUT2D eigenvalue weighted by Gasteiger charge is -2.18. The van der Waals surface area contributed by atoms with E-state index in [2.05, 4.69) is 6.58 Å². The van der Waals surface area contributed by atoms with Crippen LogP contribution in [0.15, 0.2) is 35.1 Å². The molecule has 0 fully saturated rings. The van der Waals surface area contributed by atoms with Gasteiger partial charge < -0.3 is 14.2 Å². The Bertz CT molecular complexity index is 327. The molecule has 19 heavy (non-hydrogen) atoms. The molecule has 0 N–H and O–H groups in total. The summed E-state index contributed by atoms with van der Waals surface area (Å²) in [5.41, 5.74) is 3.04. The fourth-order valence-electron chi connectivity index (χ4n) is 1.68. The van der Waals surface area contributed by atoms with Gasteiger partial charge in [-0.3, -0.25) is 0 Å². The van der Waals surface area contributed by atoms with Gasteiger partial charge in [0.05, 0.1) is 19.8 Å². The minimum atomic E-state index is 0.519. The summed E-state index contributed by atoms with van der Waals surface area (Å²) in [6.07, 6.45) is 2.05. The minimum Gasteiger partial charge on any atom is -0.493 e. The Labute approximate surface area is 117 Å². The minimum absolute atomic E-state index is 0.519. The number of hydrogen-bond donors (Lipinski definition) is 0. The maximum absolute atomic E-state index is 5.73. The van der Waals surface area contributed by atoms with Crippen molar-refractivity contribution in [3.05, 3.63) is 35.1 Å². The molecule has 0 aliphatic heterocycles. The van der Waals surface area contributed by atoms with E-state index in [1.54, 1.807) is 0 Å². The summed E-state index contributed by atoms with van der Waals surface area (Å²) in [4.78, 5) is 0. The second-order valence-corrected chi connectivity index (χ2v) is 4.11. The maximum atomic E-state index is 5.73. The highest BCUT2D eigenvalue weighted by Gasteiger charge is 2.14. The van der Waals surface area contributed by atoms with E-state index >= 15 is 0 Å². The lowest BCUT2D eigenvalue weighted by molar-refractivity contribution is 0.150. The molecule has 0 aromatic carbocycles. The van der Waals surface area contributed by atoms with Crippen LogP contribution in [0.1, 0.15) is 34.6 Å². The first-order valence-electron chi connectivity index (χ1n) is 6.95. The molecule has 0 spiro atoms. The van der Waals surface area contributed by atoms with Crippen molar-refractivity contribution in [1.29, 1.82) is 0 Å². The Morgan fingerprint density at radius 1 is 1.00 bits per heavy atom. The van der Waals surface area contributed by atoms with E-state index < -0.39 is 0 Å². The van der Waals surface area contributed by atoms with E-state index in [9.17, 15) is 0 Å². The first-order valence-corrected chi connectivity index (χ1v) is 6.95. The van der Waals surface area contributed by atoms with Gasteiger partial charge in [-0.2, -0.15) is 0 Å². The Balaban J connectivity index is 5.33. The van der Waals surface area contributed by atoms with E-state index in [0.29, 0.717) is 33.0 Å². The van der Waals surface area contributed by atoms with Crippen LogP contribution in [0.3, 0.4) is 0 Å². The Morgan fingerprint density at radius 3 is 2.00 bits per heavy atom. The summed E-state index contributed by atoms with van der Waals surface area (Å²) >= 11 is 0. The standard InChI is InChI=1S/C16H28O3/c1-7-14(11-17-8-2)15(12-18-9-3)16(13(5)6)19-10-4/h7H,5,8-12H2,1-4,6H3/b14-7-,16-15+. The number of ether oxygens (including phenoxy) is 3. The second-order valence-electron chi connectivity index (χ2n) is 4.11. The zero-order chi connectivity index (χ0) is 14.7. The van der Waals surface area contributed by atoms with Gasteiger partial charge in [0.1, 0.15) is 5.76 Å². The van der Waals surface area contributed by atoms with Crippen molar-refractivity contribution in [3.8, 4) is 0 Å². The molecule has 3 heteroatoms. The molecule has 0 radical (unpaired) electrons. The van der Waals surface area contributed by atoms with Gasteiger partial charge in [-0.25, -0.2) is 0 Å². The lowest BCUT2D eigenvalue weighted by Crippen LogP contribution is -2.11. The molecule has 0 aromatic heterocycles. The molecular weight excluding hydrogens is 240 g/mol. The number of rotatable bonds is 10. The number of hydrogen-bond acceptors (Lipinski definition) is 3. The first-order chi connectivity index (χ1) is 9.12. The van der Waals surface area contributed by atoms with Crippen LogP contribution < -0.4 is 0 Å². The van der Waals surface area contributed by atoms with Crippen molar-refractivity contribution in [2.75, 3.05) is 33.0 Å². The summed E-state index contributed by atoms with van der Waals surface area (Å²) in [6.45, 7) is 17.0. The summed E-state index contributed by atoms with van der Waals surface area (Å²) in [7, 11) is 0. The summed E-state index contributed by atoms with van der Waals surface area (Å²) < 4.78 is 16.8. The molecule has 0 bridgehead atoms. The molecule has 110 valence electrons. The van der Waals surface area contributed by atoms with E-state index in [0.717, 1.165) is 22.5 Å². The second kappa shape index (κ2) is 10.8. The molecule has 0 aromatic rings. The molecule has 0 heterocycles. The van der Waals surface area contributed by atoms with E-state index in [-0.39, 0.29) is 0 Å². The van der Waals surface area contributed by atoms with E-state index in [4.69, 9.17) is 14.2 Å². The van der Waals surface area contributed by atoms with Gasteiger partial charge in [0.25, 0.3) is 0 Å². The molecular formula is C16H28O3. The highest BCUT2D eigenvalue weighted by Crippen LogP contribution is 2.22. The first kappa shape index (κ1) is 17.9. The van der Waals surface area contributed by atoms with Gasteiger partial charge in [-0.05, 0) is 45.8 Å². The molecule has 0 unspecified atom stereocenters. The molecule has 0 saturated carbocycles. The zero-order valence-corrected chi connectivity index (χ0v) is 13.0. The van der Waals surface area contributed by atoms with E-state index in [1.165, 1.54) is 0 Å². The van der Waals surface area contributed by atoms with Crippen LogP contribution in [-0.4, -0.2) is 33.0 Å². The van der Waals surface area contributed by atoms with Crippen LogP contribution in [0.4, 0.5) is 0 Å². The third kappa shape index (κ3) is 6.60. The van der Waals surface area contributed by atoms with Gasteiger partial charge in [0, 0.05) is 18.8 Å². The highest BCUT2D eigenvalue weighted by molar-refractivity contribution is 5.41. The quantitative estimate of drug-likeness (QED) is 0.444.